The number of aryl methyl sites for hydroxylation is 1. The molecule has 0 radical (unpaired) electrons. The van der Waals surface area contributed by atoms with Crippen LogP contribution in [-0.2, 0) is 6.42 Å². The second-order valence-corrected chi connectivity index (χ2v) is 8.47. The molecule has 1 heterocycles. The van der Waals surface area contributed by atoms with Crippen molar-refractivity contribution in [3.05, 3.63) is 120 Å². The van der Waals surface area contributed by atoms with E-state index in [1.54, 1.807) is 0 Å². The third-order valence-electron chi connectivity index (χ3n) is 6.01. The van der Waals surface area contributed by atoms with Crippen molar-refractivity contribution in [2.75, 3.05) is 6.61 Å². The molecule has 194 valence electrons. The highest BCUT2D eigenvalue weighted by atomic mass is 19.2. The van der Waals surface area contributed by atoms with Crippen LogP contribution in [0.2, 0.25) is 0 Å². The molecular weight excluding hydrogens is 497 g/mol. The van der Waals surface area contributed by atoms with Crippen LogP contribution < -0.4 is 4.74 Å². The Kier molecular flexibility index (Phi) is 8.36. The average molecular weight is 522 g/mol. The summed E-state index contributed by atoms with van der Waals surface area (Å²) in [6.07, 6.45) is 7.59. The number of halogens is 5. The molecular formula is C31H24F5NO. The lowest BCUT2D eigenvalue weighted by Crippen LogP contribution is -1.99. The second-order valence-electron chi connectivity index (χ2n) is 8.47. The third kappa shape index (κ3) is 5.52. The number of rotatable bonds is 9. The first-order valence-corrected chi connectivity index (χ1v) is 11.9. The summed E-state index contributed by atoms with van der Waals surface area (Å²) in [5.41, 5.74) is 0.811. The number of allylic oxidation sites excluding steroid dienone is 2. The van der Waals surface area contributed by atoms with Gasteiger partial charge in [0.2, 0.25) is 5.82 Å². The quantitative estimate of drug-likeness (QED) is 0.162. The number of hydrogen-bond donors (Lipinski definition) is 0. The maximum Gasteiger partial charge on any atom is 0.201 e. The zero-order valence-electron chi connectivity index (χ0n) is 20.6. The van der Waals surface area contributed by atoms with Crippen molar-refractivity contribution in [3.8, 4) is 39.3 Å². The van der Waals surface area contributed by atoms with Gasteiger partial charge in [0.25, 0.3) is 0 Å². The molecule has 0 aliphatic rings. The van der Waals surface area contributed by atoms with Gasteiger partial charge in [0, 0.05) is 34.5 Å². The Morgan fingerprint density at radius 2 is 1.37 bits per heavy atom. The normalized spacial score (nSPS) is 11.2. The Morgan fingerprint density at radius 1 is 0.789 bits per heavy atom. The van der Waals surface area contributed by atoms with E-state index in [-0.39, 0.29) is 34.7 Å². The molecule has 4 aromatic rings. The highest BCUT2D eigenvalue weighted by Gasteiger charge is 2.19. The molecule has 0 fully saturated rings. The van der Waals surface area contributed by atoms with Crippen LogP contribution in [0.15, 0.2) is 85.6 Å². The van der Waals surface area contributed by atoms with Crippen LogP contribution in [0.5, 0.6) is 5.75 Å². The van der Waals surface area contributed by atoms with Crippen LogP contribution in [0.1, 0.15) is 18.9 Å². The first-order chi connectivity index (χ1) is 18.3. The summed E-state index contributed by atoms with van der Waals surface area (Å²) in [6, 6.07) is 12.4. The minimum Gasteiger partial charge on any atom is -0.486 e. The zero-order valence-corrected chi connectivity index (χ0v) is 20.6. The zero-order chi connectivity index (χ0) is 27.2. The van der Waals surface area contributed by atoms with Gasteiger partial charge in [-0.15, -0.1) is 0 Å². The lowest BCUT2D eigenvalue weighted by Gasteiger charge is -2.12. The molecule has 0 N–H and O–H groups in total. The fraction of sp³-hybridized carbons (Fsp3) is 0.129. The summed E-state index contributed by atoms with van der Waals surface area (Å²) < 4.78 is 78.7. The van der Waals surface area contributed by atoms with Crippen LogP contribution >= 0.6 is 0 Å². The van der Waals surface area contributed by atoms with Gasteiger partial charge in [0.1, 0.15) is 12.4 Å². The molecule has 7 heteroatoms. The highest BCUT2D eigenvalue weighted by molar-refractivity contribution is 5.74. The number of pyridine rings is 1. The van der Waals surface area contributed by atoms with Crippen molar-refractivity contribution in [1.29, 1.82) is 0 Å². The highest BCUT2D eigenvalue weighted by Crippen LogP contribution is 2.34. The van der Waals surface area contributed by atoms with Gasteiger partial charge in [-0.25, -0.2) is 17.6 Å². The molecule has 2 nitrogen and oxygen atoms in total. The first-order valence-electron chi connectivity index (χ1n) is 11.9. The van der Waals surface area contributed by atoms with Gasteiger partial charge >= 0.3 is 0 Å². The molecule has 0 aliphatic carbocycles. The fourth-order valence-electron chi connectivity index (χ4n) is 4.01. The Bertz CT molecular complexity index is 1500. The molecule has 3 aromatic carbocycles. The summed E-state index contributed by atoms with van der Waals surface area (Å²) in [6.45, 7) is 5.36. The monoisotopic (exact) mass is 521 g/mol. The molecule has 0 bridgehead atoms. The van der Waals surface area contributed by atoms with Crippen LogP contribution in [-0.4, -0.2) is 11.6 Å². The summed E-state index contributed by atoms with van der Waals surface area (Å²) in [5.74, 6) is -5.29. The van der Waals surface area contributed by atoms with E-state index in [9.17, 15) is 13.2 Å². The van der Waals surface area contributed by atoms with Crippen LogP contribution in [0, 0.1) is 29.1 Å². The van der Waals surface area contributed by atoms with E-state index in [4.69, 9.17) is 4.74 Å². The number of benzene rings is 3. The number of ether oxygens (including phenoxy) is 1. The molecule has 0 saturated heterocycles. The predicted molar refractivity (Wildman–Crippen MR) is 139 cm³/mol. The van der Waals surface area contributed by atoms with Crippen LogP contribution in [0.4, 0.5) is 22.0 Å². The van der Waals surface area contributed by atoms with Gasteiger partial charge in [-0.05, 0) is 49.1 Å². The number of hydrogen-bond acceptors (Lipinski definition) is 2. The van der Waals surface area contributed by atoms with Crippen molar-refractivity contribution >= 4 is 0 Å². The number of nitrogens with zero attached hydrogens (tertiary/aromatic N) is 1. The van der Waals surface area contributed by atoms with E-state index in [1.807, 2.05) is 19.1 Å². The Hall–Kier alpha value is -4.26. The molecule has 4 rings (SSSR count). The van der Waals surface area contributed by atoms with E-state index >= 15 is 8.78 Å². The predicted octanol–water partition coefficient (Wildman–Crippen LogP) is 8.85. The number of aromatic nitrogens is 1. The molecule has 0 unspecified atom stereocenters. The van der Waals surface area contributed by atoms with E-state index in [1.165, 1.54) is 60.8 Å². The Morgan fingerprint density at radius 3 is 1.97 bits per heavy atom. The molecule has 0 aliphatic heterocycles. The van der Waals surface area contributed by atoms with E-state index in [2.05, 4.69) is 11.6 Å². The smallest absolute Gasteiger partial charge is 0.201 e. The fourth-order valence-corrected chi connectivity index (χ4v) is 4.01. The van der Waals surface area contributed by atoms with Gasteiger partial charge in [-0.2, -0.15) is 4.39 Å². The summed E-state index contributed by atoms with van der Waals surface area (Å²) >= 11 is 0. The van der Waals surface area contributed by atoms with Gasteiger partial charge in [-0.1, -0.05) is 55.1 Å². The van der Waals surface area contributed by atoms with Crippen molar-refractivity contribution < 1.29 is 26.7 Å². The Labute approximate surface area is 217 Å². The summed E-state index contributed by atoms with van der Waals surface area (Å²) in [7, 11) is 0. The molecule has 1 aromatic heterocycles. The van der Waals surface area contributed by atoms with Crippen molar-refractivity contribution in [2.24, 2.45) is 0 Å². The van der Waals surface area contributed by atoms with Crippen LogP contribution in [0.3, 0.4) is 0 Å². The topological polar surface area (TPSA) is 22.1 Å². The minimum absolute atomic E-state index is 0.00994. The summed E-state index contributed by atoms with van der Waals surface area (Å²) in [4.78, 5) is 4.13. The van der Waals surface area contributed by atoms with Gasteiger partial charge in [-0.3, -0.25) is 4.98 Å². The molecule has 0 amide bonds. The molecule has 0 atom stereocenters. The van der Waals surface area contributed by atoms with Crippen molar-refractivity contribution in [3.63, 3.8) is 0 Å². The van der Waals surface area contributed by atoms with Gasteiger partial charge in [0.15, 0.2) is 23.2 Å². The maximum atomic E-state index is 15.1. The summed E-state index contributed by atoms with van der Waals surface area (Å²) in [5, 5.41) is 0. The van der Waals surface area contributed by atoms with Crippen molar-refractivity contribution in [2.45, 2.75) is 19.8 Å². The van der Waals surface area contributed by atoms with Crippen LogP contribution in [0.25, 0.3) is 33.5 Å². The first kappa shape index (κ1) is 26.8. The molecule has 38 heavy (non-hydrogen) atoms. The lowest BCUT2D eigenvalue weighted by atomic mass is 9.97. The SMILES string of the molecule is C=CCOc1ccc(-c2ccc(-c3ccc(-c4cc(F)c(CCC=CC)cn4)c(F)c3F)cc2)c(F)c1F. The maximum absolute atomic E-state index is 15.1. The largest absolute Gasteiger partial charge is 0.486 e. The standard InChI is InChI=1S/C31H24F5NO/c1-3-5-6-7-21-18-37-26(17-25(21)32)24-13-12-22(28(33)30(24)35)19-8-10-20(11-9-19)23-14-15-27(38-16-4-2)31(36)29(23)34/h3-5,8-15,17-18H,2,6-7,16H2,1H3. The van der Waals surface area contributed by atoms with Crippen molar-refractivity contribution in [1.82, 2.24) is 4.98 Å². The van der Waals surface area contributed by atoms with Gasteiger partial charge in [0.05, 0.1) is 5.69 Å². The van der Waals surface area contributed by atoms with E-state index in [0.29, 0.717) is 29.5 Å². The third-order valence-corrected chi connectivity index (χ3v) is 6.01. The molecule has 0 saturated carbocycles. The van der Waals surface area contributed by atoms with E-state index in [0.717, 1.165) is 6.07 Å². The Balaban J connectivity index is 1.60. The molecule has 0 spiro atoms. The van der Waals surface area contributed by atoms with Gasteiger partial charge < -0.3 is 4.74 Å². The van der Waals surface area contributed by atoms with E-state index < -0.39 is 29.1 Å². The minimum atomic E-state index is -1.16. The second kappa shape index (κ2) is 11.9. The lowest BCUT2D eigenvalue weighted by molar-refractivity contribution is 0.333. The average Bonchev–Trinajstić information content (AvgIpc) is 2.92.